The third-order valence-electron chi connectivity index (χ3n) is 3.40. The number of amides is 1. The fourth-order valence-corrected chi connectivity index (χ4v) is 3.28. The number of carboxylic acids is 1. The monoisotopic (exact) mass is 347 g/mol. The van der Waals surface area contributed by atoms with E-state index in [0.717, 1.165) is 10.4 Å². The van der Waals surface area contributed by atoms with Gasteiger partial charge < -0.3 is 15.2 Å². The van der Waals surface area contributed by atoms with Crippen molar-refractivity contribution in [1.82, 2.24) is 5.32 Å². The van der Waals surface area contributed by atoms with E-state index in [-0.39, 0.29) is 18.2 Å². The quantitative estimate of drug-likeness (QED) is 0.764. The summed E-state index contributed by atoms with van der Waals surface area (Å²) in [5.41, 5.74) is 1.03. The number of carbonyl (C=O) groups is 2. The summed E-state index contributed by atoms with van der Waals surface area (Å²) in [7, 11) is 0. The van der Waals surface area contributed by atoms with E-state index in [1.165, 1.54) is 11.3 Å². The fourth-order valence-electron chi connectivity index (χ4n) is 2.26. The second-order valence-electron chi connectivity index (χ2n) is 5.52. The van der Waals surface area contributed by atoms with Gasteiger partial charge in [0.05, 0.1) is 6.61 Å². The number of carboxylic acid groups (broad SMARTS) is 1. The van der Waals surface area contributed by atoms with Crippen molar-refractivity contribution in [2.75, 3.05) is 13.2 Å². The number of hydrogen-bond acceptors (Lipinski definition) is 4. The number of rotatable bonds is 8. The number of nitrogens with one attached hydrogen (secondary N) is 1. The number of carbonyl (C=O) groups excluding carboxylic acids is 1. The van der Waals surface area contributed by atoms with Gasteiger partial charge in [0, 0.05) is 17.8 Å². The van der Waals surface area contributed by atoms with Crippen LogP contribution >= 0.6 is 11.3 Å². The first-order chi connectivity index (χ1) is 11.5. The van der Waals surface area contributed by atoms with Crippen molar-refractivity contribution in [3.63, 3.8) is 0 Å². The molecule has 0 aliphatic carbocycles. The summed E-state index contributed by atoms with van der Waals surface area (Å²) in [5, 5.41) is 11.6. The lowest BCUT2D eigenvalue weighted by Gasteiger charge is -2.10. The summed E-state index contributed by atoms with van der Waals surface area (Å²) in [4.78, 5) is 24.6. The van der Waals surface area contributed by atoms with Gasteiger partial charge in [0.1, 0.15) is 10.6 Å². The van der Waals surface area contributed by atoms with E-state index in [0.29, 0.717) is 23.8 Å². The average Bonchev–Trinajstić information content (AvgIpc) is 2.97. The summed E-state index contributed by atoms with van der Waals surface area (Å²) >= 11 is 1.37. The molecule has 1 atom stereocenters. The molecule has 0 aliphatic rings. The molecule has 1 aromatic carbocycles. The van der Waals surface area contributed by atoms with Gasteiger partial charge in [-0.2, -0.15) is 0 Å². The van der Waals surface area contributed by atoms with E-state index >= 15 is 0 Å². The first-order valence-corrected chi connectivity index (χ1v) is 8.65. The molecule has 0 saturated carbocycles. The van der Waals surface area contributed by atoms with Gasteiger partial charge >= 0.3 is 5.97 Å². The molecule has 0 fully saturated rings. The smallest absolute Gasteiger partial charge is 0.303 e. The molecule has 0 bridgehead atoms. The molecule has 2 N–H and O–H groups in total. The van der Waals surface area contributed by atoms with Crippen molar-refractivity contribution in [3.8, 4) is 16.2 Å². The largest absolute Gasteiger partial charge is 0.492 e. The Kier molecular flexibility index (Phi) is 6.37. The van der Waals surface area contributed by atoms with E-state index in [4.69, 9.17) is 9.84 Å². The number of benzene rings is 1. The third kappa shape index (κ3) is 4.83. The molecule has 1 aromatic heterocycles. The maximum absolute atomic E-state index is 12.4. The van der Waals surface area contributed by atoms with Crippen LogP contribution in [0.5, 0.6) is 5.75 Å². The van der Waals surface area contributed by atoms with Crippen molar-refractivity contribution < 1.29 is 19.4 Å². The van der Waals surface area contributed by atoms with E-state index in [2.05, 4.69) is 5.32 Å². The maximum Gasteiger partial charge on any atom is 0.303 e. The Balaban J connectivity index is 2.14. The second-order valence-corrected chi connectivity index (χ2v) is 6.57. The number of aliphatic carboxylic acids is 1. The molecule has 2 aromatic rings. The summed E-state index contributed by atoms with van der Waals surface area (Å²) in [6, 6.07) is 11.7. The van der Waals surface area contributed by atoms with Crippen LogP contribution in [0, 0.1) is 5.92 Å². The third-order valence-corrected chi connectivity index (χ3v) is 4.56. The predicted octanol–water partition coefficient (Wildman–Crippen LogP) is 3.65. The zero-order valence-electron chi connectivity index (χ0n) is 13.7. The number of thiophene rings is 1. The Bertz CT molecular complexity index is 696. The first kappa shape index (κ1) is 18.0. The Hall–Kier alpha value is -2.34. The minimum atomic E-state index is -0.866. The predicted molar refractivity (Wildman–Crippen MR) is 94.7 cm³/mol. The van der Waals surface area contributed by atoms with Crippen molar-refractivity contribution >= 4 is 23.2 Å². The zero-order valence-corrected chi connectivity index (χ0v) is 14.6. The van der Waals surface area contributed by atoms with Crippen LogP contribution in [0.3, 0.4) is 0 Å². The van der Waals surface area contributed by atoms with Gasteiger partial charge in [-0.1, -0.05) is 37.3 Å². The molecule has 0 radical (unpaired) electrons. The highest BCUT2D eigenvalue weighted by atomic mass is 32.1. The highest BCUT2D eigenvalue weighted by Crippen LogP contribution is 2.36. The molecule has 128 valence electrons. The number of ether oxygens (including phenoxy) is 1. The Morgan fingerprint density at radius 3 is 2.62 bits per heavy atom. The lowest BCUT2D eigenvalue weighted by molar-refractivity contribution is -0.137. The van der Waals surface area contributed by atoms with Crippen LogP contribution in [0.2, 0.25) is 0 Å². The van der Waals surface area contributed by atoms with Crippen LogP contribution in [0.4, 0.5) is 0 Å². The molecule has 2 rings (SSSR count). The van der Waals surface area contributed by atoms with E-state index in [1.54, 1.807) is 6.92 Å². The standard InChI is InChI=1S/C18H21NO4S/c1-3-23-14-10-15(13-7-5-4-6-8-13)24-17(14)18(22)19-11-12(2)9-16(20)21/h4-8,10,12H,3,9,11H2,1-2H3,(H,19,22)(H,20,21). The van der Waals surface area contributed by atoms with Crippen LogP contribution < -0.4 is 10.1 Å². The van der Waals surface area contributed by atoms with Crippen LogP contribution in [-0.2, 0) is 4.79 Å². The van der Waals surface area contributed by atoms with Gasteiger partial charge in [0.2, 0.25) is 0 Å². The van der Waals surface area contributed by atoms with Crippen molar-refractivity contribution in [3.05, 3.63) is 41.3 Å². The summed E-state index contributed by atoms with van der Waals surface area (Å²) in [5.74, 6) is -0.669. The van der Waals surface area contributed by atoms with Gasteiger partial charge in [0.15, 0.2) is 0 Å². The summed E-state index contributed by atoms with van der Waals surface area (Å²) in [6.45, 7) is 4.45. The fraction of sp³-hybridized carbons (Fsp3) is 0.333. The Labute approximate surface area is 145 Å². The lowest BCUT2D eigenvalue weighted by atomic mass is 10.1. The first-order valence-electron chi connectivity index (χ1n) is 7.83. The lowest BCUT2D eigenvalue weighted by Crippen LogP contribution is -2.28. The summed E-state index contributed by atoms with van der Waals surface area (Å²) in [6.07, 6.45) is 0.0261. The highest BCUT2D eigenvalue weighted by molar-refractivity contribution is 7.17. The SMILES string of the molecule is CCOc1cc(-c2ccccc2)sc1C(=O)NCC(C)CC(=O)O. The minimum Gasteiger partial charge on any atom is -0.492 e. The molecule has 5 nitrogen and oxygen atoms in total. The molecular weight excluding hydrogens is 326 g/mol. The molecular formula is C18H21NO4S. The van der Waals surface area contributed by atoms with Gasteiger partial charge in [-0.05, 0) is 24.5 Å². The Morgan fingerprint density at radius 1 is 1.29 bits per heavy atom. The van der Waals surface area contributed by atoms with Crippen molar-refractivity contribution in [2.24, 2.45) is 5.92 Å². The van der Waals surface area contributed by atoms with Crippen LogP contribution in [-0.4, -0.2) is 30.1 Å². The van der Waals surface area contributed by atoms with Gasteiger partial charge in [0.25, 0.3) is 5.91 Å². The molecule has 24 heavy (non-hydrogen) atoms. The Morgan fingerprint density at radius 2 is 2.00 bits per heavy atom. The molecule has 1 amide bonds. The minimum absolute atomic E-state index is 0.0261. The molecule has 0 aliphatic heterocycles. The van der Waals surface area contributed by atoms with Gasteiger partial charge in [-0.25, -0.2) is 0 Å². The molecule has 1 heterocycles. The molecule has 0 saturated heterocycles. The van der Waals surface area contributed by atoms with Crippen LogP contribution in [0.1, 0.15) is 29.9 Å². The van der Waals surface area contributed by atoms with Gasteiger partial charge in [-0.3, -0.25) is 9.59 Å². The zero-order chi connectivity index (χ0) is 17.5. The molecule has 0 spiro atoms. The van der Waals surface area contributed by atoms with Crippen molar-refractivity contribution in [2.45, 2.75) is 20.3 Å². The maximum atomic E-state index is 12.4. The normalized spacial score (nSPS) is 11.8. The van der Waals surface area contributed by atoms with E-state index < -0.39 is 5.97 Å². The van der Waals surface area contributed by atoms with Crippen LogP contribution in [0.25, 0.3) is 10.4 Å². The van der Waals surface area contributed by atoms with Crippen molar-refractivity contribution in [1.29, 1.82) is 0 Å². The van der Waals surface area contributed by atoms with E-state index in [9.17, 15) is 9.59 Å². The topological polar surface area (TPSA) is 75.6 Å². The highest BCUT2D eigenvalue weighted by Gasteiger charge is 2.19. The number of hydrogen-bond donors (Lipinski definition) is 2. The molecule has 1 unspecified atom stereocenters. The van der Waals surface area contributed by atoms with Gasteiger partial charge in [-0.15, -0.1) is 11.3 Å². The summed E-state index contributed by atoms with van der Waals surface area (Å²) < 4.78 is 5.59. The van der Waals surface area contributed by atoms with Crippen LogP contribution in [0.15, 0.2) is 36.4 Å². The molecule has 6 heteroatoms. The second kappa shape index (κ2) is 8.49. The average molecular weight is 347 g/mol. The van der Waals surface area contributed by atoms with E-state index in [1.807, 2.05) is 43.3 Å².